The van der Waals surface area contributed by atoms with Gasteiger partial charge in [0.1, 0.15) is 29.5 Å². The van der Waals surface area contributed by atoms with Gasteiger partial charge in [-0.15, -0.1) is 0 Å². The number of halogens is 2. The van der Waals surface area contributed by atoms with E-state index >= 15 is 4.39 Å². The predicted molar refractivity (Wildman–Crippen MR) is 121 cm³/mol. The Hall–Kier alpha value is -4.59. The molecule has 1 aliphatic rings. The van der Waals surface area contributed by atoms with Crippen molar-refractivity contribution in [3.63, 3.8) is 0 Å². The van der Waals surface area contributed by atoms with E-state index in [4.69, 9.17) is 16.2 Å². The molecule has 0 unspecified atom stereocenters. The van der Waals surface area contributed by atoms with Crippen LogP contribution in [-0.2, 0) is 7.05 Å². The first-order chi connectivity index (χ1) is 16.2. The maximum atomic E-state index is 15.1. The number of hydrogen-bond donors (Lipinski definition) is 2. The lowest BCUT2D eigenvalue weighted by molar-refractivity contribution is 0.103. The van der Waals surface area contributed by atoms with Crippen LogP contribution in [0.4, 0.5) is 14.6 Å². The number of pyridine rings is 1. The Bertz CT molecular complexity index is 1450. The van der Waals surface area contributed by atoms with Gasteiger partial charge in [0.15, 0.2) is 17.3 Å². The summed E-state index contributed by atoms with van der Waals surface area (Å²) in [6, 6.07) is 5.19. The number of fused-ring (bicyclic) bond motifs is 5. The van der Waals surface area contributed by atoms with Crippen molar-refractivity contribution < 1.29 is 18.3 Å². The zero-order valence-corrected chi connectivity index (χ0v) is 18.4. The summed E-state index contributed by atoms with van der Waals surface area (Å²) in [5, 5.41) is 13.8. The number of aryl methyl sites for hydroxylation is 1. The van der Waals surface area contributed by atoms with Crippen molar-refractivity contribution in [2.75, 3.05) is 12.8 Å². The van der Waals surface area contributed by atoms with Crippen LogP contribution < -0.4 is 16.2 Å². The van der Waals surface area contributed by atoms with E-state index in [2.05, 4.69) is 15.1 Å². The maximum Gasteiger partial charge on any atom is 0.215 e. The molecule has 1 aliphatic heterocycles. The van der Waals surface area contributed by atoms with E-state index in [1.165, 1.54) is 37.3 Å². The number of nitrogens with two attached hydrogens (primary N) is 2. The van der Waals surface area contributed by atoms with E-state index in [1.807, 2.05) is 6.07 Å². The molecule has 0 spiro atoms. The molecule has 0 fully saturated rings. The first-order valence-corrected chi connectivity index (χ1v) is 10.0. The number of anilines is 1. The van der Waals surface area contributed by atoms with Crippen molar-refractivity contribution in [2.24, 2.45) is 17.8 Å². The fourth-order valence-electron chi connectivity index (χ4n) is 3.92. The van der Waals surface area contributed by atoms with E-state index in [9.17, 15) is 14.4 Å². The summed E-state index contributed by atoms with van der Waals surface area (Å²) in [5.41, 5.74) is 12.2. The van der Waals surface area contributed by atoms with Gasteiger partial charge >= 0.3 is 0 Å². The number of rotatable bonds is 1. The summed E-state index contributed by atoms with van der Waals surface area (Å²) in [4.78, 5) is 21.8. The summed E-state index contributed by atoms with van der Waals surface area (Å²) in [6.07, 6.45) is 1.61. The molecule has 172 valence electrons. The number of hydrogen-bond acceptors (Lipinski definition) is 8. The molecule has 2 bridgehead atoms. The number of carbonyl (C=O) groups is 1. The molecule has 0 amide bonds. The Morgan fingerprint density at radius 2 is 2.00 bits per heavy atom. The fourth-order valence-corrected chi connectivity index (χ4v) is 3.92. The van der Waals surface area contributed by atoms with E-state index in [1.54, 1.807) is 6.92 Å². The first-order valence-electron chi connectivity index (χ1n) is 10.0. The molecule has 0 saturated carbocycles. The van der Waals surface area contributed by atoms with E-state index < -0.39 is 23.5 Å². The highest BCUT2D eigenvalue weighted by atomic mass is 19.1. The molecule has 4 N–H and O–H groups in total. The molecule has 9 nitrogen and oxygen atoms in total. The number of nitriles is 1. The largest absolute Gasteiger partial charge is 0.482 e. The minimum atomic E-state index is -0.988. The van der Waals surface area contributed by atoms with Gasteiger partial charge in [-0.3, -0.25) is 14.5 Å². The normalized spacial score (nSPS) is 17.9. The van der Waals surface area contributed by atoms with Crippen molar-refractivity contribution in [1.82, 2.24) is 14.8 Å². The number of ketones is 1. The third-order valence-electron chi connectivity index (χ3n) is 5.43. The molecule has 0 radical (unpaired) electrons. The SMILES string of the molecule is CN=C/C1=C(\N)c2c(F)cc(F)cc2[C@@H](C)Oc2cc(cnc2N)-c2c(C#N)nn(C)c2C1=O. The van der Waals surface area contributed by atoms with Crippen LogP contribution >= 0.6 is 0 Å². The van der Waals surface area contributed by atoms with Crippen molar-refractivity contribution in [2.45, 2.75) is 13.0 Å². The Kier molecular flexibility index (Phi) is 5.58. The topological polar surface area (TPSA) is 145 Å². The summed E-state index contributed by atoms with van der Waals surface area (Å²) >= 11 is 0. The Balaban J connectivity index is 2.18. The zero-order chi connectivity index (χ0) is 24.7. The van der Waals surface area contributed by atoms with Gasteiger partial charge in [0, 0.05) is 49.3 Å². The van der Waals surface area contributed by atoms with Crippen molar-refractivity contribution >= 4 is 23.5 Å². The maximum absolute atomic E-state index is 15.1. The number of Topliss-reactive ketones (excluding diaryl/α,β-unsaturated/α-hetero) is 1. The van der Waals surface area contributed by atoms with Gasteiger partial charge in [-0.2, -0.15) is 10.4 Å². The monoisotopic (exact) mass is 463 g/mol. The number of ether oxygens (including phenoxy) is 1. The highest BCUT2D eigenvalue weighted by Gasteiger charge is 2.30. The van der Waals surface area contributed by atoms with Crippen LogP contribution in [0.25, 0.3) is 16.8 Å². The lowest BCUT2D eigenvalue weighted by atomic mass is 9.93. The van der Waals surface area contributed by atoms with Crippen LogP contribution in [0.5, 0.6) is 5.75 Å². The number of aromatic nitrogens is 3. The molecule has 0 aliphatic carbocycles. The van der Waals surface area contributed by atoms with Gasteiger partial charge in [0.05, 0.1) is 16.8 Å². The van der Waals surface area contributed by atoms with Crippen molar-refractivity contribution in [3.8, 4) is 22.9 Å². The Labute approximate surface area is 193 Å². The number of allylic oxidation sites excluding steroid dienone is 1. The lowest BCUT2D eigenvalue weighted by Crippen LogP contribution is -2.19. The molecule has 11 heteroatoms. The number of nitrogens with zero attached hydrogens (tertiary/aromatic N) is 5. The Morgan fingerprint density at radius 1 is 1.26 bits per heavy atom. The van der Waals surface area contributed by atoms with Crippen molar-refractivity contribution in [1.29, 1.82) is 5.26 Å². The quantitative estimate of drug-likeness (QED) is 0.528. The van der Waals surface area contributed by atoms with Gasteiger partial charge in [0.25, 0.3) is 0 Å². The number of carbonyl (C=O) groups excluding carboxylic acids is 1. The van der Waals surface area contributed by atoms with Crippen LogP contribution in [0, 0.1) is 23.0 Å². The molecule has 34 heavy (non-hydrogen) atoms. The van der Waals surface area contributed by atoms with Crippen molar-refractivity contribution in [3.05, 3.63) is 64.1 Å². The average molecular weight is 463 g/mol. The average Bonchev–Trinajstić information content (AvgIpc) is 3.13. The molecular weight excluding hydrogens is 444 g/mol. The highest BCUT2D eigenvalue weighted by Crippen LogP contribution is 2.37. The van der Waals surface area contributed by atoms with Crippen LogP contribution in [0.2, 0.25) is 0 Å². The second kappa shape index (κ2) is 8.40. The third-order valence-corrected chi connectivity index (χ3v) is 5.43. The van der Waals surface area contributed by atoms with Gasteiger partial charge in [-0.05, 0) is 19.1 Å². The van der Waals surface area contributed by atoms with Gasteiger partial charge in [-0.1, -0.05) is 0 Å². The standard InChI is InChI=1S/C23H19F2N7O2/c1-10-13-5-12(24)6-15(25)19(13)20(27)14(9-29-2)22(33)21-18(16(7-26)31-32(21)3)11-4-17(34-10)23(28)30-8-11/h4-6,8-10H,27H2,1-3H3,(H2,28,30)/b20-14+,29-9?/t10-/m1/s1. The molecule has 4 rings (SSSR count). The molecule has 3 heterocycles. The second-order valence-corrected chi connectivity index (χ2v) is 7.57. The summed E-state index contributed by atoms with van der Waals surface area (Å²) < 4.78 is 36.4. The zero-order valence-electron chi connectivity index (χ0n) is 18.4. The van der Waals surface area contributed by atoms with Gasteiger partial charge < -0.3 is 16.2 Å². The van der Waals surface area contributed by atoms with Crippen LogP contribution in [-0.4, -0.2) is 33.8 Å². The molecule has 1 atom stereocenters. The molecule has 0 saturated heterocycles. The predicted octanol–water partition coefficient (Wildman–Crippen LogP) is 2.92. The summed E-state index contributed by atoms with van der Waals surface area (Å²) in [6.45, 7) is 1.55. The van der Waals surface area contributed by atoms with Crippen LogP contribution in [0.15, 0.2) is 35.0 Å². The smallest absolute Gasteiger partial charge is 0.215 e. The van der Waals surface area contributed by atoms with Crippen LogP contribution in [0.3, 0.4) is 0 Å². The number of nitrogen functional groups attached to an aromatic ring is 1. The van der Waals surface area contributed by atoms with E-state index in [0.717, 1.165) is 6.07 Å². The third kappa shape index (κ3) is 3.55. The van der Waals surface area contributed by atoms with E-state index in [-0.39, 0.29) is 50.9 Å². The van der Waals surface area contributed by atoms with Gasteiger partial charge in [0.2, 0.25) is 5.78 Å². The fraction of sp³-hybridized carbons (Fsp3) is 0.174. The lowest BCUT2D eigenvalue weighted by Gasteiger charge is -2.22. The molecule has 3 aromatic rings. The number of benzene rings is 1. The summed E-state index contributed by atoms with van der Waals surface area (Å²) in [7, 11) is 2.90. The first kappa shape index (κ1) is 22.6. The molecule has 1 aromatic carbocycles. The summed E-state index contributed by atoms with van der Waals surface area (Å²) in [5.74, 6) is -2.42. The Morgan fingerprint density at radius 3 is 2.68 bits per heavy atom. The van der Waals surface area contributed by atoms with Crippen LogP contribution in [0.1, 0.15) is 40.3 Å². The minimum absolute atomic E-state index is 0.00341. The highest BCUT2D eigenvalue weighted by molar-refractivity contribution is 6.27. The molecule has 2 aromatic heterocycles. The van der Waals surface area contributed by atoms with Gasteiger partial charge in [-0.25, -0.2) is 13.8 Å². The second-order valence-electron chi connectivity index (χ2n) is 7.57. The minimum Gasteiger partial charge on any atom is -0.482 e. The number of aliphatic imine (C=N–C) groups is 1. The van der Waals surface area contributed by atoms with E-state index in [0.29, 0.717) is 11.6 Å². The molecular formula is C23H19F2N7O2.